The van der Waals surface area contributed by atoms with Crippen LogP contribution < -0.4 is 5.32 Å². The van der Waals surface area contributed by atoms with Crippen molar-refractivity contribution in [1.82, 2.24) is 15.1 Å². The molecule has 0 radical (unpaired) electrons. The van der Waals surface area contributed by atoms with Crippen LogP contribution in [0.2, 0.25) is 0 Å². The molecule has 18 heavy (non-hydrogen) atoms. The molecule has 0 bridgehead atoms. The van der Waals surface area contributed by atoms with Gasteiger partial charge in [-0.2, -0.15) is 5.10 Å². The van der Waals surface area contributed by atoms with Gasteiger partial charge >= 0.3 is 0 Å². The van der Waals surface area contributed by atoms with Gasteiger partial charge in [0.2, 0.25) is 0 Å². The third-order valence-corrected chi connectivity index (χ3v) is 4.02. The highest BCUT2D eigenvalue weighted by atomic mass is 32.2. The zero-order valence-electron chi connectivity index (χ0n) is 11.1. The summed E-state index contributed by atoms with van der Waals surface area (Å²) < 4.78 is 1.84. The molecule has 1 heterocycles. The van der Waals surface area contributed by atoms with Crippen molar-refractivity contribution >= 4 is 11.8 Å². The Morgan fingerprint density at radius 1 is 1.44 bits per heavy atom. The van der Waals surface area contributed by atoms with Crippen LogP contribution in [0.4, 0.5) is 0 Å². The molecule has 3 nitrogen and oxygen atoms in total. The van der Waals surface area contributed by atoms with Gasteiger partial charge in [-0.05, 0) is 31.7 Å². The summed E-state index contributed by atoms with van der Waals surface area (Å²) in [5.41, 5.74) is 2.59. The predicted octanol–water partition coefficient (Wildman–Crippen LogP) is 2.99. The third kappa shape index (κ3) is 3.37. The van der Waals surface area contributed by atoms with Gasteiger partial charge in [0.05, 0.1) is 6.20 Å². The van der Waals surface area contributed by atoms with E-state index in [2.05, 4.69) is 47.8 Å². The maximum Gasteiger partial charge on any atom is 0.0530 e. The molecule has 0 fully saturated rings. The summed E-state index contributed by atoms with van der Waals surface area (Å²) in [6.07, 6.45) is 3.99. The molecule has 4 heteroatoms. The molecule has 0 saturated heterocycles. The lowest BCUT2D eigenvalue weighted by Gasteiger charge is -2.11. The largest absolute Gasteiger partial charge is 0.313 e. The van der Waals surface area contributed by atoms with Gasteiger partial charge in [0.1, 0.15) is 0 Å². The van der Waals surface area contributed by atoms with Gasteiger partial charge in [0, 0.05) is 35.5 Å². The van der Waals surface area contributed by atoms with E-state index < -0.39 is 0 Å². The molecule has 2 rings (SSSR count). The van der Waals surface area contributed by atoms with Crippen molar-refractivity contribution in [3.8, 4) is 0 Å². The van der Waals surface area contributed by atoms with Crippen molar-refractivity contribution in [2.75, 3.05) is 7.05 Å². The molecular weight excluding hydrogens is 242 g/mol. The van der Waals surface area contributed by atoms with Gasteiger partial charge in [-0.25, -0.2) is 0 Å². The van der Waals surface area contributed by atoms with Crippen molar-refractivity contribution in [3.63, 3.8) is 0 Å². The average molecular weight is 261 g/mol. The summed E-state index contributed by atoms with van der Waals surface area (Å²) in [5, 5.41) is 7.44. The maximum atomic E-state index is 4.18. The monoisotopic (exact) mass is 261 g/mol. The van der Waals surface area contributed by atoms with Crippen molar-refractivity contribution in [1.29, 1.82) is 0 Å². The Bertz CT molecular complexity index is 507. The fraction of sp³-hybridized carbons (Fsp3) is 0.357. The van der Waals surface area contributed by atoms with E-state index in [4.69, 9.17) is 0 Å². The number of benzene rings is 1. The smallest absolute Gasteiger partial charge is 0.0530 e. The Hall–Kier alpha value is -1.26. The lowest BCUT2D eigenvalue weighted by molar-refractivity contribution is 0.651. The molecule has 0 saturated carbocycles. The second-order valence-corrected chi connectivity index (χ2v) is 5.44. The van der Waals surface area contributed by atoms with Gasteiger partial charge in [-0.15, -0.1) is 11.8 Å². The predicted molar refractivity (Wildman–Crippen MR) is 76.7 cm³/mol. The fourth-order valence-corrected chi connectivity index (χ4v) is 2.63. The summed E-state index contributed by atoms with van der Waals surface area (Å²) in [6, 6.07) is 9.09. The summed E-state index contributed by atoms with van der Waals surface area (Å²) >= 11 is 1.85. The van der Waals surface area contributed by atoms with Crippen LogP contribution in [0.25, 0.3) is 0 Å². The van der Waals surface area contributed by atoms with Gasteiger partial charge in [0.15, 0.2) is 0 Å². The quantitative estimate of drug-likeness (QED) is 0.839. The normalized spacial score (nSPS) is 12.6. The lowest BCUT2D eigenvalue weighted by Crippen LogP contribution is -2.11. The Balaban J connectivity index is 2.01. The molecule has 1 aromatic carbocycles. The fourth-order valence-electron chi connectivity index (χ4n) is 1.75. The van der Waals surface area contributed by atoms with Crippen LogP contribution in [0.3, 0.4) is 0 Å². The van der Waals surface area contributed by atoms with Gasteiger partial charge in [-0.3, -0.25) is 4.68 Å². The zero-order valence-corrected chi connectivity index (χ0v) is 11.9. The highest BCUT2D eigenvalue weighted by molar-refractivity contribution is 7.98. The first kappa shape index (κ1) is 13.2. The lowest BCUT2D eigenvalue weighted by atomic mass is 10.1. The molecule has 0 aliphatic heterocycles. The number of aryl methyl sites for hydroxylation is 1. The minimum atomic E-state index is 0.393. The SMILES string of the molecule is CNC(C)c1cccc(SCc2cnn(C)c2)c1. The Morgan fingerprint density at radius 3 is 2.94 bits per heavy atom. The van der Waals surface area contributed by atoms with Crippen LogP contribution in [-0.2, 0) is 12.8 Å². The number of nitrogens with one attached hydrogen (secondary N) is 1. The first-order chi connectivity index (χ1) is 8.69. The minimum absolute atomic E-state index is 0.393. The standard InChI is InChI=1S/C14H19N3S/c1-11(15-2)13-5-4-6-14(7-13)18-10-12-8-16-17(3)9-12/h4-9,11,15H,10H2,1-3H3. The zero-order chi connectivity index (χ0) is 13.0. The molecule has 1 N–H and O–H groups in total. The summed E-state index contributed by atoms with van der Waals surface area (Å²) in [6.45, 7) is 2.17. The van der Waals surface area contributed by atoms with Crippen LogP contribution in [0.1, 0.15) is 24.1 Å². The molecule has 0 amide bonds. The summed E-state index contributed by atoms with van der Waals surface area (Å²) in [4.78, 5) is 1.30. The molecule has 96 valence electrons. The van der Waals surface area contributed by atoms with Crippen LogP contribution >= 0.6 is 11.8 Å². The third-order valence-electron chi connectivity index (χ3n) is 2.95. The molecule has 0 aliphatic rings. The van der Waals surface area contributed by atoms with E-state index in [1.165, 1.54) is 16.0 Å². The second-order valence-electron chi connectivity index (χ2n) is 4.39. The Labute approximate surface area is 113 Å². The Kier molecular flexibility index (Phi) is 4.44. The van der Waals surface area contributed by atoms with Crippen LogP contribution in [0.15, 0.2) is 41.6 Å². The first-order valence-electron chi connectivity index (χ1n) is 6.06. The number of hydrogen-bond acceptors (Lipinski definition) is 3. The molecule has 0 spiro atoms. The molecular formula is C14H19N3S. The van der Waals surface area contributed by atoms with Crippen LogP contribution in [0, 0.1) is 0 Å². The second kappa shape index (κ2) is 6.07. The number of nitrogens with zero attached hydrogens (tertiary/aromatic N) is 2. The van der Waals surface area contributed by atoms with Crippen molar-refractivity contribution in [3.05, 3.63) is 47.8 Å². The average Bonchev–Trinajstić information content (AvgIpc) is 2.81. The maximum absolute atomic E-state index is 4.18. The van der Waals surface area contributed by atoms with E-state index in [1.807, 2.05) is 36.7 Å². The number of rotatable bonds is 5. The highest BCUT2D eigenvalue weighted by Crippen LogP contribution is 2.25. The molecule has 0 aliphatic carbocycles. The number of aromatic nitrogens is 2. The topological polar surface area (TPSA) is 29.9 Å². The summed E-state index contributed by atoms with van der Waals surface area (Å²) in [7, 11) is 3.93. The number of hydrogen-bond donors (Lipinski definition) is 1. The van der Waals surface area contributed by atoms with Gasteiger partial charge < -0.3 is 5.32 Å². The minimum Gasteiger partial charge on any atom is -0.313 e. The van der Waals surface area contributed by atoms with Gasteiger partial charge in [-0.1, -0.05) is 12.1 Å². The number of thioether (sulfide) groups is 1. The van der Waals surface area contributed by atoms with Crippen molar-refractivity contribution in [2.45, 2.75) is 23.6 Å². The van der Waals surface area contributed by atoms with Crippen LogP contribution in [0.5, 0.6) is 0 Å². The molecule has 2 aromatic rings. The molecule has 1 atom stereocenters. The van der Waals surface area contributed by atoms with Gasteiger partial charge in [0.25, 0.3) is 0 Å². The van der Waals surface area contributed by atoms with E-state index in [-0.39, 0.29) is 0 Å². The van der Waals surface area contributed by atoms with Crippen molar-refractivity contribution < 1.29 is 0 Å². The van der Waals surface area contributed by atoms with E-state index in [9.17, 15) is 0 Å². The Morgan fingerprint density at radius 2 is 2.28 bits per heavy atom. The van der Waals surface area contributed by atoms with E-state index in [0.717, 1.165) is 5.75 Å². The van der Waals surface area contributed by atoms with E-state index in [0.29, 0.717) is 6.04 Å². The highest BCUT2D eigenvalue weighted by Gasteiger charge is 2.04. The van der Waals surface area contributed by atoms with E-state index in [1.54, 1.807) is 0 Å². The molecule has 1 aromatic heterocycles. The molecule has 1 unspecified atom stereocenters. The van der Waals surface area contributed by atoms with Crippen molar-refractivity contribution in [2.24, 2.45) is 7.05 Å². The first-order valence-corrected chi connectivity index (χ1v) is 7.05. The van der Waals surface area contributed by atoms with Crippen LogP contribution in [-0.4, -0.2) is 16.8 Å². The summed E-state index contributed by atoms with van der Waals surface area (Å²) in [5.74, 6) is 0.964. The van der Waals surface area contributed by atoms with E-state index >= 15 is 0 Å².